The molecule has 1 saturated heterocycles. The Kier molecular flexibility index (Phi) is 17.3. The van der Waals surface area contributed by atoms with E-state index in [1.165, 1.54) is 18.2 Å². The molecule has 0 spiro atoms. The quantitative estimate of drug-likeness (QED) is 0.0504. The van der Waals surface area contributed by atoms with E-state index in [0.29, 0.717) is 34.8 Å². The molecule has 0 saturated carbocycles. The van der Waals surface area contributed by atoms with Gasteiger partial charge in [-0.1, -0.05) is 105 Å². The predicted octanol–water partition coefficient (Wildman–Crippen LogP) is 10.00. The van der Waals surface area contributed by atoms with Gasteiger partial charge in [-0.3, -0.25) is 0 Å². The molecular formula is C44H52O8S2. The van der Waals surface area contributed by atoms with Crippen molar-refractivity contribution in [2.45, 2.75) is 98.2 Å². The SMILES string of the molecule is CCCCOc1ccc(Sc2ccc(-c3ccccc3C(O)C#CCOCCCCCCCOC3CCCCO3)cc2S(=O)(=O)Oc2ccccc2)cc1. The summed E-state index contributed by atoms with van der Waals surface area (Å²) in [6, 6.07) is 28.6. The zero-order chi connectivity index (χ0) is 37.9. The van der Waals surface area contributed by atoms with Crippen molar-refractivity contribution in [3.8, 4) is 34.5 Å². The first kappa shape index (κ1) is 41.3. The summed E-state index contributed by atoms with van der Waals surface area (Å²) in [6.45, 7) is 5.14. The molecule has 1 N–H and O–H groups in total. The van der Waals surface area contributed by atoms with E-state index < -0.39 is 16.2 Å². The van der Waals surface area contributed by atoms with Crippen LogP contribution in [0.4, 0.5) is 0 Å². The first-order chi connectivity index (χ1) is 26.4. The van der Waals surface area contributed by atoms with Crippen molar-refractivity contribution in [1.82, 2.24) is 0 Å². The second-order valence-corrected chi connectivity index (χ2v) is 15.7. The molecule has 2 unspecified atom stereocenters. The van der Waals surface area contributed by atoms with E-state index in [-0.39, 0.29) is 23.5 Å². The number of hydrogen-bond acceptors (Lipinski definition) is 9. The lowest BCUT2D eigenvalue weighted by molar-refractivity contribution is -0.162. The molecule has 0 aliphatic carbocycles. The third-order valence-corrected chi connectivity index (χ3v) is 11.3. The molecular weight excluding hydrogens is 721 g/mol. The van der Waals surface area contributed by atoms with Crippen LogP contribution in [-0.2, 0) is 24.3 Å². The van der Waals surface area contributed by atoms with Crippen LogP contribution in [0, 0.1) is 11.8 Å². The van der Waals surface area contributed by atoms with Crippen LogP contribution in [0.25, 0.3) is 11.1 Å². The predicted molar refractivity (Wildman–Crippen MR) is 213 cm³/mol. The van der Waals surface area contributed by atoms with Crippen molar-refractivity contribution in [1.29, 1.82) is 0 Å². The third-order valence-electron chi connectivity index (χ3n) is 8.83. The maximum atomic E-state index is 13.8. The lowest BCUT2D eigenvalue weighted by Crippen LogP contribution is -2.22. The molecule has 0 aromatic heterocycles. The van der Waals surface area contributed by atoms with Crippen molar-refractivity contribution in [3.63, 3.8) is 0 Å². The number of aliphatic hydroxyl groups excluding tert-OH is 1. The van der Waals surface area contributed by atoms with Gasteiger partial charge in [-0.15, -0.1) is 0 Å². The molecule has 1 heterocycles. The Morgan fingerprint density at radius 3 is 2.37 bits per heavy atom. The van der Waals surface area contributed by atoms with E-state index in [1.807, 2.05) is 48.5 Å². The third kappa shape index (κ3) is 13.5. The lowest BCUT2D eigenvalue weighted by Gasteiger charge is -2.22. The molecule has 4 aromatic rings. The van der Waals surface area contributed by atoms with Crippen LogP contribution >= 0.6 is 11.8 Å². The molecule has 288 valence electrons. The molecule has 0 bridgehead atoms. The Morgan fingerprint density at radius 1 is 0.833 bits per heavy atom. The van der Waals surface area contributed by atoms with Crippen molar-refractivity contribution in [3.05, 3.63) is 103 Å². The van der Waals surface area contributed by atoms with Gasteiger partial charge in [0.15, 0.2) is 6.29 Å². The van der Waals surface area contributed by atoms with E-state index >= 15 is 0 Å². The smallest absolute Gasteiger partial charge is 0.340 e. The Hall–Kier alpha value is -3.82. The van der Waals surface area contributed by atoms with E-state index in [0.717, 1.165) is 81.6 Å². The molecule has 1 fully saturated rings. The van der Waals surface area contributed by atoms with Gasteiger partial charge in [-0.05, 0) is 98.2 Å². The number of para-hydroxylation sites is 1. The minimum absolute atomic E-state index is 0.0151. The van der Waals surface area contributed by atoms with Crippen LogP contribution in [-0.4, -0.2) is 52.8 Å². The second-order valence-electron chi connectivity index (χ2n) is 13.1. The van der Waals surface area contributed by atoms with Crippen molar-refractivity contribution >= 4 is 21.9 Å². The zero-order valence-corrected chi connectivity index (χ0v) is 32.8. The van der Waals surface area contributed by atoms with Crippen LogP contribution in [0.2, 0.25) is 0 Å². The number of hydrogen-bond donors (Lipinski definition) is 1. The maximum Gasteiger partial charge on any atom is 0.340 e. The summed E-state index contributed by atoms with van der Waals surface area (Å²) >= 11 is 1.32. The van der Waals surface area contributed by atoms with Crippen LogP contribution < -0.4 is 8.92 Å². The fourth-order valence-corrected chi connectivity index (χ4v) is 8.19. The number of rotatable bonds is 21. The zero-order valence-electron chi connectivity index (χ0n) is 31.1. The number of benzene rings is 4. The summed E-state index contributed by atoms with van der Waals surface area (Å²) in [5.41, 5.74) is 1.84. The topological polar surface area (TPSA) is 101 Å². The van der Waals surface area contributed by atoms with Gasteiger partial charge < -0.3 is 28.2 Å². The molecule has 0 amide bonds. The highest BCUT2D eigenvalue weighted by atomic mass is 32.2. The number of unbranched alkanes of at least 4 members (excludes halogenated alkanes) is 5. The molecule has 0 radical (unpaired) electrons. The minimum atomic E-state index is -4.25. The highest BCUT2D eigenvalue weighted by Crippen LogP contribution is 2.38. The van der Waals surface area contributed by atoms with Gasteiger partial charge in [0.1, 0.15) is 29.1 Å². The highest BCUT2D eigenvalue weighted by molar-refractivity contribution is 8.00. The normalized spacial score (nSPS) is 14.9. The molecule has 1 aliphatic heterocycles. The van der Waals surface area contributed by atoms with E-state index in [4.69, 9.17) is 23.1 Å². The van der Waals surface area contributed by atoms with Gasteiger partial charge in [0.25, 0.3) is 0 Å². The molecule has 5 rings (SSSR count). The fraction of sp³-hybridized carbons (Fsp3) is 0.409. The van der Waals surface area contributed by atoms with Crippen molar-refractivity contribution in [2.24, 2.45) is 0 Å². The van der Waals surface area contributed by atoms with Gasteiger partial charge in [0.05, 0.1) is 6.61 Å². The van der Waals surface area contributed by atoms with Gasteiger partial charge in [-0.2, -0.15) is 8.42 Å². The molecule has 4 aromatic carbocycles. The van der Waals surface area contributed by atoms with Gasteiger partial charge in [-0.25, -0.2) is 0 Å². The number of ether oxygens (including phenoxy) is 4. The van der Waals surface area contributed by atoms with Gasteiger partial charge in [0.2, 0.25) is 0 Å². The van der Waals surface area contributed by atoms with Gasteiger partial charge >= 0.3 is 10.1 Å². The van der Waals surface area contributed by atoms with Crippen LogP contribution in [0.5, 0.6) is 11.5 Å². The fourth-order valence-electron chi connectivity index (χ4n) is 5.90. The highest BCUT2D eigenvalue weighted by Gasteiger charge is 2.24. The van der Waals surface area contributed by atoms with Crippen molar-refractivity contribution < 1.29 is 36.7 Å². The Bertz CT molecular complexity index is 1860. The minimum Gasteiger partial charge on any atom is -0.494 e. The summed E-state index contributed by atoms with van der Waals surface area (Å²) in [6.07, 6.45) is 9.54. The monoisotopic (exact) mass is 772 g/mol. The first-order valence-corrected chi connectivity index (χ1v) is 21.3. The van der Waals surface area contributed by atoms with Gasteiger partial charge in [0, 0.05) is 35.2 Å². The Labute approximate surface area is 325 Å². The summed E-state index contributed by atoms with van der Waals surface area (Å²) in [5.74, 6) is 6.83. The Morgan fingerprint density at radius 2 is 1.59 bits per heavy atom. The second kappa shape index (κ2) is 22.5. The molecule has 8 nitrogen and oxygen atoms in total. The summed E-state index contributed by atoms with van der Waals surface area (Å²) in [5, 5.41) is 11.1. The molecule has 2 atom stereocenters. The average molecular weight is 773 g/mol. The first-order valence-electron chi connectivity index (χ1n) is 19.0. The average Bonchev–Trinajstić information content (AvgIpc) is 3.19. The summed E-state index contributed by atoms with van der Waals surface area (Å²) in [7, 11) is -4.25. The van der Waals surface area contributed by atoms with E-state index in [1.54, 1.807) is 48.5 Å². The Balaban J connectivity index is 1.20. The van der Waals surface area contributed by atoms with Crippen LogP contribution in [0.3, 0.4) is 0 Å². The summed E-state index contributed by atoms with van der Waals surface area (Å²) < 4.78 is 56.2. The number of aliphatic hydroxyl groups is 1. The van der Waals surface area contributed by atoms with Crippen molar-refractivity contribution in [2.75, 3.05) is 33.0 Å². The maximum absolute atomic E-state index is 13.8. The molecule has 54 heavy (non-hydrogen) atoms. The molecule has 1 aliphatic rings. The largest absolute Gasteiger partial charge is 0.494 e. The van der Waals surface area contributed by atoms with E-state index in [9.17, 15) is 13.5 Å². The van der Waals surface area contributed by atoms with Crippen LogP contribution in [0.15, 0.2) is 112 Å². The van der Waals surface area contributed by atoms with E-state index in [2.05, 4.69) is 18.8 Å². The summed E-state index contributed by atoms with van der Waals surface area (Å²) in [4.78, 5) is 1.37. The molecule has 10 heteroatoms. The van der Waals surface area contributed by atoms with Crippen LogP contribution in [0.1, 0.15) is 82.8 Å². The standard InChI is InChI=1S/C44H52O8S2/c1-2-3-31-49-36-24-26-38(27-25-36)53-42-28-23-35(34-43(42)54(46,47)52-37-17-8-7-9-18-37)39-19-10-11-20-40(39)41(45)21-16-30-48-29-13-5-4-6-14-32-50-44-22-12-15-33-51-44/h7-11,17-20,23-28,34,41,44-45H,2-6,12-15,22,29-33H2,1H3. The lowest BCUT2D eigenvalue weighted by atomic mass is 9.96.